The average Bonchev–Trinajstić information content (AvgIpc) is 2.95. The lowest BCUT2D eigenvalue weighted by Gasteiger charge is -2.16. The van der Waals surface area contributed by atoms with Gasteiger partial charge in [-0.1, -0.05) is 0 Å². The molecule has 0 radical (unpaired) electrons. The number of nitrogens with zero attached hydrogens (tertiary/aromatic N) is 3. The van der Waals surface area contributed by atoms with Gasteiger partial charge in [0.2, 0.25) is 0 Å². The number of aryl methyl sites for hydroxylation is 1. The molecule has 0 aliphatic carbocycles. The molecule has 0 aromatic carbocycles. The number of hydrogen-bond donors (Lipinski definition) is 2. The van der Waals surface area contributed by atoms with Gasteiger partial charge in [0, 0.05) is 26.2 Å². The molecule has 1 atom stereocenters. The summed E-state index contributed by atoms with van der Waals surface area (Å²) in [6.45, 7) is 0.740. The van der Waals surface area contributed by atoms with Crippen LogP contribution in [-0.2, 0) is 7.05 Å². The van der Waals surface area contributed by atoms with Crippen LogP contribution >= 0.6 is 0 Å². The second-order valence-corrected chi connectivity index (χ2v) is 4.96. The first-order valence-corrected chi connectivity index (χ1v) is 6.63. The largest absolute Gasteiger partial charge is 0.478 e. The quantitative estimate of drug-likeness (QED) is 0.847. The molecule has 2 N–H and O–H groups in total. The van der Waals surface area contributed by atoms with E-state index in [1.54, 1.807) is 18.1 Å². The smallest absolute Gasteiger partial charge is 0.319 e. The van der Waals surface area contributed by atoms with Crippen LogP contribution in [0.5, 0.6) is 5.88 Å². The van der Waals surface area contributed by atoms with Crippen molar-refractivity contribution in [2.45, 2.75) is 18.9 Å². The zero-order valence-electron chi connectivity index (χ0n) is 12.0. The number of nitrogens with one attached hydrogen (secondary N) is 2. The molecule has 1 aromatic heterocycles. The minimum Gasteiger partial charge on any atom is -0.478 e. The highest BCUT2D eigenvalue weighted by atomic mass is 19.3. The van der Waals surface area contributed by atoms with E-state index in [2.05, 4.69) is 15.7 Å². The highest BCUT2D eigenvalue weighted by Gasteiger charge is 2.26. The summed E-state index contributed by atoms with van der Waals surface area (Å²) in [7, 11) is 3.18. The van der Waals surface area contributed by atoms with E-state index in [0.29, 0.717) is 31.1 Å². The highest BCUT2D eigenvalue weighted by molar-refractivity contribution is 5.90. The molecule has 0 saturated carbocycles. The molecule has 1 aliphatic heterocycles. The topological polar surface area (TPSA) is 71.4 Å². The lowest BCUT2D eigenvalue weighted by molar-refractivity contribution is 0.0988. The summed E-state index contributed by atoms with van der Waals surface area (Å²) >= 11 is 0. The third kappa shape index (κ3) is 4.28. The van der Waals surface area contributed by atoms with Crippen LogP contribution in [0.25, 0.3) is 0 Å². The number of rotatable bonds is 5. The molecular formula is C12H19F2N5O2. The fourth-order valence-corrected chi connectivity index (χ4v) is 2.36. The molecule has 1 aliphatic rings. The van der Waals surface area contributed by atoms with Gasteiger partial charge in [0.1, 0.15) is 5.69 Å². The molecule has 2 rings (SSSR count). The number of urea groups is 1. The lowest BCUT2D eigenvalue weighted by Crippen LogP contribution is -2.40. The van der Waals surface area contributed by atoms with Gasteiger partial charge < -0.3 is 15.4 Å². The Morgan fingerprint density at radius 3 is 3.05 bits per heavy atom. The van der Waals surface area contributed by atoms with Crippen LogP contribution in [-0.4, -0.2) is 59.9 Å². The summed E-state index contributed by atoms with van der Waals surface area (Å²) < 4.78 is 31.1. The summed E-state index contributed by atoms with van der Waals surface area (Å²) in [6.07, 6.45) is -0.0715. The average molecular weight is 303 g/mol. The number of hydrogen-bond acceptors (Lipinski definition) is 4. The molecule has 0 bridgehead atoms. The Morgan fingerprint density at radius 2 is 2.38 bits per heavy atom. The number of halogens is 2. The molecule has 118 valence electrons. The van der Waals surface area contributed by atoms with E-state index in [0.717, 1.165) is 0 Å². The Balaban J connectivity index is 1.82. The third-order valence-electron chi connectivity index (χ3n) is 3.24. The maximum Gasteiger partial charge on any atom is 0.319 e. The van der Waals surface area contributed by atoms with Crippen LogP contribution in [0.2, 0.25) is 0 Å². The van der Waals surface area contributed by atoms with Gasteiger partial charge in [-0.25, -0.2) is 13.6 Å². The van der Waals surface area contributed by atoms with Gasteiger partial charge in [0.05, 0.1) is 19.9 Å². The Bertz CT molecular complexity index is 494. The number of methoxy groups -OCH3 is 1. The van der Waals surface area contributed by atoms with Crippen molar-refractivity contribution in [2.75, 3.05) is 32.1 Å². The van der Waals surface area contributed by atoms with E-state index in [4.69, 9.17) is 4.74 Å². The van der Waals surface area contributed by atoms with Crippen LogP contribution in [0.1, 0.15) is 6.42 Å². The first-order valence-electron chi connectivity index (χ1n) is 6.63. The van der Waals surface area contributed by atoms with Crippen molar-refractivity contribution in [3.05, 3.63) is 6.20 Å². The van der Waals surface area contributed by atoms with Gasteiger partial charge >= 0.3 is 6.03 Å². The number of carbonyl (C=O) groups excluding carboxylic acids is 1. The van der Waals surface area contributed by atoms with E-state index >= 15 is 0 Å². The second kappa shape index (κ2) is 6.70. The molecule has 1 aromatic rings. The minimum atomic E-state index is -2.35. The van der Waals surface area contributed by atoms with Crippen LogP contribution in [0.15, 0.2) is 6.20 Å². The van der Waals surface area contributed by atoms with Gasteiger partial charge in [-0.15, -0.1) is 5.10 Å². The molecule has 7 nitrogen and oxygen atoms in total. The minimum absolute atomic E-state index is 0.133. The molecule has 1 unspecified atom stereocenters. The first-order chi connectivity index (χ1) is 9.97. The summed E-state index contributed by atoms with van der Waals surface area (Å²) in [5, 5.41) is 9.42. The summed E-state index contributed by atoms with van der Waals surface area (Å²) in [5.41, 5.74) is 0.458. The molecule has 21 heavy (non-hydrogen) atoms. The lowest BCUT2D eigenvalue weighted by atomic mass is 10.3. The molecular weight excluding hydrogens is 284 g/mol. The van der Waals surface area contributed by atoms with Crippen molar-refractivity contribution < 1.29 is 18.3 Å². The van der Waals surface area contributed by atoms with Gasteiger partial charge in [-0.2, -0.15) is 0 Å². The zero-order chi connectivity index (χ0) is 15.4. The van der Waals surface area contributed by atoms with E-state index in [-0.39, 0.29) is 12.6 Å². The number of alkyl halides is 2. The SMILES string of the molecule is COc1nn(C)cc1NC(=O)NC1CCN(CC(F)F)C1. The molecule has 2 heterocycles. The number of anilines is 1. The summed E-state index contributed by atoms with van der Waals surface area (Å²) in [5.74, 6) is 0.318. The predicted octanol–water partition coefficient (Wildman–Crippen LogP) is 0.890. The van der Waals surface area contributed by atoms with Gasteiger partial charge in [0.15, 0.2) is 0 Å². The van der Waals surface area contributed by atoms with E-state index in [1.807, 2.05) is 0 Å². The Kier molecular flexibility index (Phi) is 4.94. The predicted molar refractivity (Wildman–Crippen MR) is 72.8 cm³/mol. The van der Waals surface area contributed by atoms with Gasteiger partial charge in [-0.3, -0.25) is 9.58 Å². The number of likely N-dealkylation sites (tertiary alicyclic amines) is 1. The normalized spacial score (nSPS) is 19.0. The van der Waals surface area contributed by atoms with E-state index in [9.17, 15) is 13.6 Å². The Hall–Kier alpha value is -1.90. The fraction of sp³-hybridized carbons (Fsp3) is 0.667. The van der Waals surface area contributed by atoms with Gasteiger partial charge in [-0.05, 0) is 6.42 Å². The molecule has 0 spiro atoms. The second-order valence-electron chi connectivity index (χ2n) is 4.96. The number of ether oxygens (including phenoxy) is 1. The number of amides is 2. The Labute approximate surface area is 121 Å². The van der Waals surface area contributed by atoms with Crippen molar-refractivity contribution in [3.8, 4) is 5.88 Å². The van der Waals surface area contributed by atoms with Crippen LogP contribution in [0, 0.1) is 0 Å². The van der Waals surface area contributed by atoms with E-state index < -0.39 is 12.5 Å². The van der Waals surface area contributed by atoms with Crippen molar-refractivity contribution in [2.24, 2.45) is 7.05 Å². The zero-order valence-corrected chi connectivity index (χ0v) is 12.0. The standard InChI is InChI=1S/C12H19F2N5O2/c1-18-6-9(11(17-18)21-2)16-12(20)15-8-3-4-19(5-8)7-10(13)14/h6,8,10H,3-5,7H2,1-2H3,(H2,15,16,20). The molecule has 1 fully saturated rings. The Morgan fingerprint density at radius 1 is 1.62 bits per heavy atom. The van der Waals surface area contributed by atoms with Crippen molar-refractivity contribution in [1.82, 2.24) is 20.0 Å². The van der Waals surface area contributed by atoms with Crippen LogP contribution in [0.3, 0.4) is 0 Å². The van der Waals surface area contributed by atoms with Crippen molar-refractivity contribution in [3.63, 3.8) is 0 Å². The number of aromatic nitrogens is 2. The van der Waals surface area contributed by atoms with Gasteiger partial charge in [0.25, 0.3) is 12.3 Å². The van der Waals surface area contributed by atoms with Crippen molar-refractivity contribution >= 4 is 11.7 Å². The highest BCUT2D eigenvalue weighted by Crippen LogP contribution is 2.21. The fourth-order valence-electron chi connectivity index (χ4n) is 2.36. The maximum atomic E-state index is 12.3. The summed E-state index contributed by atoms with van der Waals surface area (Å²) in [6, 6.07) is -0.531. The third-order valence-corrected chi connectivity index (χ3v) is 3.24. The monoisotopic (exact) mass is 303 g/mol. The van der Waals surface area contributed by atoms with Crippen molar-refractivity contribution in [1.29, 1.82) is 0 Å². The molecule has 1 saturated heterocycles. The van der Waals surface area contributed by atoms with Crippen LogP contribution in [0.4, 0.5) is 19.3 Å². The summed E-state index contributed by atoms with van der Waals surface area (Å²) in [4.78, 5) is 13.5. The van der Waals surface area contributed by atoms with Crippen LogP contribution < -0.4 is 15.4 Å². The van der Waals surface area contributed by atoms with E-state index in [1.165, 1.54) is 11.8 Å². The number of carbonyl (C=O) groups is 1. The maximum absolute atomic E-state index is 12.3. The molecule has 9 heteroatoms. The molecule has 2 amide bonds. The first kappa shape index (κ1) is 15.5.